The van der Waals surface area contributed by atoms with Crippen LogP contribution in [0.5, 0.6) is 0 Å². The highest BCUT2D eigenvalue weighted by Gasteiger charge is 2.10. The zero-order valence-electron chi connectivity index (χ0n) is 15.1. The third kappa shape index (κ3) is 4.97. The molecule has 2 aromatic carbocycles. The van der Waals surface area contributed by atoms with E-state index in [9.17, 15) is 4.79 Å². The number of carbonyl (C=O) groups excluding carboxylic acids is 1. The number of rotatable bonds is 6. The fourth-order valence-electron chi connectivity index (χ4n) is 2.91. The molecule has 0 aromatic heterocycles. The Kier molecular flexibility index (Phi) is 6.64. The SMILES string of the molecule is NCCCNC(=O)c1ccc(Cl)c(-c2ccc(C3=CC=CCC=C3)cc2)c1. The van der Waals surface area contributed by atoms with Crippen LogP contribution in [0.1, 0.15) is 28.8 Å². The van der Waals surface area contributed by atoms with Crippen molar-refractivity contribution < 1.29 is 4.79 Å². The van der Waals surface area contributed by atoms with Crippen LogP contribution in [-0.4, -0.2) is 19.0 Å². The van der Waals surface area contributed by atoms with Gasteiger partial charge in [0.15, 0.2) is 0 Å². The van der Waals surface area contributed by atoms with Gasteiger partial charge in [-0.3, -0.25) is 4.79 Å². The molecule has 0 fully saturated rings. The number of hydrogen-bond acceptors (Lipinski definition) is 2. The Morgan fingerprint density at radius 2 is 1.85 bits per heavy atom. The zero-order valence-corrected chi connectivity index (χ0v) is 15.9. The lowest BCUT2D eigenvalue weighted by Gasteiger charge is -2.10. The summed E-state index contributed by atoms with van der Waals surface area (Å²) in [6.07, 6.45) is 12.3. The molecule has 0 saturated carbocycles. The second kappa shape index (κ2) is 9.36. The van der Waals surface area contributed by atoms with E-state index in [0.29, 0.717) is 23.7 Å². The molecule has 1 aliphatic rings. The Bertz CT molecular complexity index is 895. The molecule has 3 rings (SSSR count). The lowest BCUT2D eigenvalue weighted by Crippen LogP contribution is -2.25. The molecule has 0 bridgehead atoms. The van der Waals surface area contributed by atoms with Gasteiger partial charge in [-0.2, -0.15) is 0 Å². The lowest BCUT2D eigenvalue weighted by atomic mass is 9.98. The molecule has 0 spiro atoms. The molecule has 0 unspecified atom stereocenters. The fourth-order valence-corrected chi connectivity index (χ4v) is 3.13. The molecular formula is C23H23ClN2O. The second-order valence-electron chi connectivity index (χ2n) is 6.36. The molecule has 4 heteroatoms. The van der Waals surface area contributed by atoms with Crippen LogP contribution in [0.15, 0.2) is 72.8 Å². The smallest absolute Gasteiger partial charge is 0.251 e. The number of allylic oxidation sites excluding steroid dienone is 6. The first-order valence-electron chi connectivity index (χ1n) is 9.11. The van der Waals surface area contributed by atoms with Crippen molar-refractivity contribution in [3.05, 3.63) is 89.0 Å². The minimum Gasteiger partial charge on any atom is -0.352 e. The predicted octanol–water partition coefficient (Wildman–Crippen LogP) is 4.99. The third-order valence-electron chi connectivity index (χ3n) is 4.41. The molecule has 0 heterocycles. The van der Waals surface area contributed by atoms with Crippen molar-refractivity contribution in [1.82, 2.24) is 5.32 Å². The molecule has 0 aliphatic heterocycles. The summed E-state index contributed by atoms with van der Waals surface area (Å²) in [5, 5.41) is 3.50. The lowest BCUT2D eigenvalue weighted by molar-refractivity contribution is 0.0953. The Balaban J connectivity index is 1.83. The van der Waals surface area contributed by atoms with Crippen LogP contribution in [0.4, 0.5) is 0 Å². The van der Waals surface area contributed by atoms with Crippen molar-refractivity contribution in [2.45, 2.75) is 12.8 Å². The van der Waals surface area contributed by atoms with Gasteiger partial charge in [-0.15, -0.1) is 0 Å². The first kappa shape index (κ1) is 19.2. The number of amides is 1. The van der Waals surface area contributed by atoms with E-state index in [1.54, 1.807) is 12.1 Å². The molecular weight excluding hydrogens is 356 g/mol. The van der Waals surface area contributed by atoms with Crippen molar-refractivity contribution in [1.29, 1.82) is 0 Å². The van der Waals surface area contributed by atoms with Crippen LogP contribution in [-0.2, 0) is 0 Å². The molecule has 1 amide bonds. The van der Waals surface area contributed by atoms with E-state index in [1.165, 1.54) is 5.57 Å². The van der Waals surface area contributed by atoms with Gasteiger partial charge in [0, 0.05) is 22.7 Å². The largest absolute Gasteiger partial charge is 0.352 e. The van der Waals surface area contributed by atoms with Gasteiger partial charge >= 0.3 is 0 Å². The maximum absolute atomic E-state index is 12.3. The van der Waals surface area contributed by atoms with E-state index in [-0.39, 0.29) is 5.91 Å². The van der Waals surface area contributed by atoms with Crippen molar-refractivity contribution >= 4 is 23.1 Å². The first-order valence-corrected chi connectivity index (χ1v) is 9.49. The van der Waals surface area contributed by atoms with E-state index >= 15 is 0 Å². The Labute approximate surface area is 165 Å². The normalized spacial score (nSPS) is 13.2. The summed E-state index contributed by atoms with van der Waals surface area (Å²) in [6.45, 7) is 1.12. The van der Waals surface area contributed by atoms with Crippen molar-refractivity contribution in [2.24, 2.45) is 5.73 Å². The van der Waals surface area contributed by atoms with E-state index in [1.807, 2.05) is 18.2 Å². The summed E-state index contributed by atoms with van der Waals surface area (Å²) in [4.78, 5) is 12.3. The van der Waals surface area contributed by atoms with Crippen LogP contribution in [0.3, 0.4) is 0 Å². The highest BCUT2D eigenvalue weighted by atomic mass is 35.5. The average molecular weight is 379 g/mol. The minimum absolute atomic E-state index is 0.112. The van der Waals surface area contributed by atoms with Gasteiger partial charge in [0.05, 0.1) is 0 Å². The van der Waals surface area contributed by atoms with Gasteiger partial charge in [0.2, 0.25) is 0 Å². The summed E-state index contributed by atoms with van der Waals surface area (Å²) in [5.74, 6) is -0.112. The highest BCUT2D eigenvalue weighted by Crippen LogP contribution is 2.30. The molecule has 0 radical (unpaired) electrons. The molecule has 27 heavy (non-hydrogen) atoms. The fraction of sp³-hybridized carbons (Fsp3) is 0.174. The van der Waals surface area contributed by atoms with E-state index in [0.717, 1.165) is 29.5 Å². The molecule has 2 aromatic rings. The van der Waals surface area contributed by atoms with Gasteiger partial charge in [-0.1, -0.05) is 66.2 Å². The molecule has 1 aliphatic carbocycles. The van der Waals surface area contributed by atoms with Crippen molar-refractivity contribution in [3.8, 4) is 11.1 Å². The monoisotopic (exact) mass is 378 g/mol. The van der Waals surface area contributed by atoms with E-state index in [4.69, 9.17) is 17.3 Å². The van der Waals surface area contributed by atoms with Crippen molar-refractivity contribution in [2.75, 3.05) is 13.1 Å². The topological polar surface area (TPSA) is 55.1 Å². The van der Waals surface area contributed by atoms with E-state index in [2.05, 4.69) is 47.8 Å². The van der Waals surface area contributed by atoms with Crippen molar-refractivity contribution in [3.63, 3.8) is 0 Å². The third-order valence-corrected chi connectivity index (χ3v) is 4.74. The summed E-state index contributed by atoms with van der Waals surface area (Å²) < 4.78 is 0. The maximum atomic E-state index is 12.3. The summed E-state index contributed by atoms with van der Waals surface area (Å²) in [5.41, 5.74) is 10.2. The standard InChI is InChI=1S/C23H23ClN2O/c24-22-13-12-20(23(27)26-15-5-14-25)16-21(22)19-10-8-18(9-11-19)17-6-3-1-2-4-7-17/h1,3-4,6-13,16H,2,5,14-15,25H2,(H,26,27). The Hall–Kier alpha value is -2.62. The number of carbonyl (C=O) groups is 1. The van der Waals surface area contributed by atoms with Gasteiger partial charge < -0.3 is 11.1 Å². The maximum Gasteiger partial charge on any atom is 0.251 e. The molecule has 0 atom stereocenters. The average Bonchev–Trinajstić information content (AvgIpc) is 2.98. The Morgan fingerprint density at radius 3 is 2.63 bits per heavy atom. The van der Waals surface area contributed by atoms with Crippen LogP contribution in [0.2, 0.25) is 5.02 Å². The number of nitrogens with one attached hydrogen (secondary N) is 1. The predicted molar refractivity (Wildman–Crippen MR) is 114 cm³/mol. The van der Waals surface area contributed by atoms with E-state index < -0.39 is 0 Å². The summed E-state index contributed by atoms with van der Waals surface area (Å²) in [6, 6.07) is 13.6. The molecule has 0 saturated heterocycles. The summed E-state index contributed by atoms with van der Waals surface area (Å²) >= 11 is 6.39. The molecule has 3 N–H and O–H groups in total. The first-order chi connectivity index (χ1) is 13.2. The van der Waals surface area contributed by atoms with Gasteiger partial charge in [0.25, 0.3) is 5.91 Å². The Morgan fingerprint density at radius 1 is 1.07 bits per heavy atom. The minimum atomic E-state index is -0.112. The second-order valence-corrected chi connectivity index (χ2v) is 6.77. The molecule has 3 nitrogen and oxygen atoms in total. The highest BCUT2D eigenvalue weighted by molar-refractivity contribution is 6.33. The van der Waals surface area contributed by atoms with Gasteiger partial charge in [-0.05, 0) is 54.3 Å². The number of halogens is 1. The number of nitrogens with two attached hydrogens (primary N) is 1. The molecule has 138 valence electrons. The summed E-state index contributed by atoms with van der Waals surface area (Å²) in [7, 11) is 0. The zero-order chi connectivity index (χ0) is 19.1. The quantitative estimate of drug-likeness (QED) is 0.696. The van der Waals surface area contributed by atoms with Gasteiger partial charge in [-0.25, -0.2) is 0 Å². The number of hydrogen-bond donors (Lipinski definition) is 2. The van der Waals surface area contributed by atoms with Crippen LogP contribution in [0.25, 0.3) is 16.7 Å². The van der Waals surface area contributed by atoms with Crippen LogP contribution >= 0.6 is 11.6 Å². The van der Waals surface area contributed by atoms with Crippen LogP contribution < -0.4 is 11.1 Å². The number of benzene rings is 2. The van der Waals surface area contributed by atoms with Crippen LogP contribution in [0, 0.1) is 0 Å². The van der Waals surface area contributed by atoms with Gasteiger partial charge in [0.1, 0.15) is 0 Å².